The van der Waals surface area contributed by atoms with Crippen LogP contribution in [0.5, 0.6) is 5.88 Å². The van der Waals surface area contributed by atoms with Crippen LogP contribution in [-0.2, 0) is 4.79 Å². The molecule has 1 atom stereocenters. The van der Waals surface area contributed by atoms with Crippen LogP contribution in [0.15, 0.2) is 67.0 Å². The molecule has 7 rings (SSSR count). The lowest BCUT2D eigenvalue weighted by Gasteiger charge is -2.41. The van der Waals surface area contributed by atoms with Crippen LogP contribution in [0, 0.1) is 11.3 Å². The van der Waals surface area contributed by atoms with E-state index in [-0.39, 0.29) is 24.0 Å². The summed E-state index contributed by atoms with van der Waals surface area (Å²) in [5, 5.41) is 16.0. The van der Waals surface area contributed by atoms with Crippen molar-refractivity contribution < 1.29 is 19.1 Å². The number of pyridine rings is 1. The fourth-order valence-corrected chi connectivity index (χ4v) is 7.79. The van der Waals surface area contributed by atoms with Gasteiger partial charge in [0.2, 0.25) is 11.8 Å². The number of piperazine rings is 1. The van der Waals surface area contributed by atoms with E-state index in [0.717, 1.165) is 67.6 Å². The van der Waals surface area contributed by atoms with Gasteiger partial charge in [-0.25, -0.2) is 14.6 Å². The van der Waals surface area contributed by atoms with Crippen molar-refractivity contribution in [1.82, 2.24) is 24.7 Å². The minimum absolute atomic E-state index is 0.0274. The molecule has 0 aliphatic carbocycles. The molecule has 5 amide bonds. The zero-order valence-corrected chi connectivity index (χ0v) is 30.6. The lowest BCUT2D eigenvalue weighted by molar-refractivity contribution is -0.120. The topological polar surface area (TPSA) is 139 Å². The van der Waals surface area contributed by atoms with Crippen molar-refractivity contribution in [3.05, 3.63) is 77.6 Å². The maximum Gasteiger partial charge on any atom is 0.328 e. The van der Waals surface area contributed by atoms with E-state index in [1.54, 1.807) is 29.3 Å². The number of nitrogens with zero attached hydrogens (tertiary/aromatic N) is 7. The number of nitrogens with one attached hydrogen (secondary N) is 2. The molecule has 2 N–H and O–H groups in total. The molecular formula is C39H44ClN9O4. The Morgan fingerprint density at radius 2 is 1.91 bits per heavy atom. The van der Waals surface area contributed by atoms with Crippen molar-refractivity contribution in [1.29, 1.82) is 5.26 Å². The van der Waals surface area contributed by atoms with Crippen LogP contribution in [0.1, 0.15) is 50.6 Å². The van der Waals surface area contributed by atoms with Gasteiger partial charge < -0.3 is 29.3 Å². The first-order valence-corrected chi connectivity index (χ1v) is 18.7. The van der Waals surface area contributed by atoms with Gasteiger partial charge in [-0.2, -0.15) is 5.26 Å². The molecule has 2 aromatic heterocycles. The van der Waals surface area contributed by atoms with Gasteiger partial charge in [0.1, 0.15) is 6.07 Å². The molecule has 0 bridgehead atoms. The fraction of sp³-hybridized carbons (Fsp3) is 0.410. The van der Waals surface area contributed by atoms with E-state index in [0.29, 0.717) is 67.4 Å². The van der Waals surface area contributed by atoms with Gasteiger partial charge in [0.15, 0.2) is 0 Å². The summed E-state index contributed by atoms with van der Waals surface area (Å²) >= 11 is 6.24. The first-order chi connectivity index (χ1) is 25.8. The second kappa shape index (κ2) is 16.1. The molecule has 5 heterocycles. The van der Waals surface area contributed by atoms with Gasteiger partial charge >= 0.3 is 12.1 Å². The third-order valence-electron chi connectivity index (χ3n) is 10.5. The number of aromatic nitrogens is 2. The van der Waals surface area contributed by atoms with Crippen LogP contribution < -0.4 is 25.2 Å². The molecule has 3 saturated heterocycles. The van der Waals surface area contributed by atoms with Gasteiger partial charge in [-0.1, -0.05) is 17.7 Å². The van der Waals surface area contributed by atoms with Gasteiger partial charge in [-0.15, -0.1) is 0 Å². The van der Waals surface area contributed by atoms with E-state index in [4.69, 9.17) is 21.6 Å². The summed E-state index contributed by atoms with van der Waals surface area (Å²) in [6.07, 6.45) is 8.11. The summed E-state index contributed by atoms with van der Waals surface area (Å²) in [5.74, 6) is 0.302. The van der Waals surface area contributed by atoms with Gasteiger partial charge in [-0.3, -0.25) is 15.0 Å². The summed E-state index contributed by atoms with van der Waals surface area (Å²) in [6.45, 7) is 7.90. The zero-order chi connectivity index (χ0) is 36.9. The average Bonchev–Trinajstić information content (AvgIpc) is 3.60. The summed E-state index contributed by atoms with van der Waals surface area (Å²) in [4.78, 5) is 49.8. The molecule has 3 aliphatic heterocycles. The van der Waals surface area contributed by atoms with E-state index in [2.05, 4.69) is 54.4 Å². The minimum Gasteiger partial charge on any atom is -0.478 e. The molecule has 0 spiro atoms. The Kier molecular flexibility index (Phi) is 11.0. The number of unbranched alkanes of at least 4 members (excludes halogenated alkanes) is 1. The number of imide groups is 1. The number of carbonyl (C=O) groups is 3. The number of benzene rings is 2. The van der Waals surface area contributed by atoms with Gasteiger partial charge in [0.25, 0.3) is 0 Å². The predicted molar refractivity (Wildman–Crippen MR) is 205 cm³/mol. The molecular weight excluding hydrogens is 694 g/mol. The second-order valence-electron chi connectivity index (χ2n) is 13.9. The molecule has 53 heavy (non-hydrogen) atoms. The van der Waals surface area contributed by atoms with E-state index in [1.807, 2.05) is 36.1 Å². The number of carbonyl (C=O) groups excluding carboxylic acids is 3. The Bertz CT molecular complexity index is 2000. The summed E-state index contributed by atoms with van der Waals surface area (Å²) < 4.78 is 8.25. The highest BCUT2D eigenvalue weighted by atomic mass is 35.5. The highest BCUT2D eigenvalue weighted by Crippen LogP contribution is 2.34. The second-order valence-corrected chi connectivity index (χ2v) is 14.3. The van der Waals surface area contributed by atoms with Crippen LogP contribution >= 0.6 is 11.6 Å². The van der Waals surface area contributed by atoms with Crippen molar-refractivity contribution in [2.24, 2.45) is 0 Å². The lowest BCUT2D eigenvalue weighted by Crippen LogP contribution is -2.55. The maximum atomic E-state index is 13.1. The number of urea groups is 2. The largest absolute Gasteiger partial charge is 0.478 e. The Balaban J connectivity index is 0.805. The molecule has 0 saturated carbocycles. The molecule has 2 aromatic carbocycles. The Morgan fingerprint density at radius 3 is 2.64 bits per heavy atom. The van der Waals surface area contributed by atoms with Crippen molar-refractivity contribution in [2.45, 2.75) is 51.1 Å². The molecule has 1 unspecified atom stereocenters. The molecule has 0 radical (unpaired) electrons. The monoisotopic (exact) mass is 737 g/mol. The van der Waals surface area contributed by atoms with Crippen molar-refractivity contribution >= 4 is 57.5 Å². The number of likely N-dealkylation sites (tertiary alicyclic amines) is 1. The zero-order valence-electron chi connectivity index (χ0n) is 29.8. The number of amides is 5. The summed E-state index contributed by atoms with van der Waals surface area (Å²) in [5.41, 5.74) is 3.95. The van der Waals surface area contributed by atoms with E-state index in [9.17, 15) is 14.4 Å². The Labute approximate surface area is 314 Å². The van der Waals surface area contributed by atoms with E-state index in [1.165, 1.54) is 0 Å². The third-order valence-corrected chi connectivity index (χ3v) is 10.8. The molecule has 13 nitrogen and oxygen atoms in total. The predicted octanol–water partition coefficient (Wildman–Crippen LogP) is 6.25. The Morgan fingerprint density at radius 1 is 1.06 bits per heavy atom. The lowest BCUT2D eigenvalue weighted by atomic mass is 10.0. The quantitative estimate of drug-likeness (QED) is 0.182. The van der Waals surface area contributed by atoms with Crippen molar-refractivity contribution in [3.8, 4) is 11.9 Å². The number of fused-ring (bicyclic) bond motifs is 1. The molecule has 3 aliphatic rings. The van der Waals surface area contributed by atoms with Crippen LogP contribution in [0.2, 0.25) is 5.02 Å². The highest BCUT2D eigenvalue weighted by Gasteiger charge is 2.29. The van der Waals surface area contributed by atoms with Gasteiger partial charge in [-0.05, 0) is 81.6 Å². The average molecular weight is 738 g/mol. The smallest absolute Gasteiger partial charge is 0.328 e. The molecule has 276 valence electrons. The number of halogens is 1. The summed E-state index contributed by atoms with van der Waals surface area (Å²) in [6, 6.07) is 19.1. The SMILES string of the molecule is CC1CN(c2ccc(C#N)c(Cl)c2)CCN1C(=O)Nc1ccc(OCCCCN2CCC(n3ccc4c(N5CCC(=O)NC5=O)cccc43)CC2)nc1. The number of rotatable bonds is 10. The standard InChI is InChI=1S/C39H44ClN9O4/c1-27-26-46(31-9-7-28(24-41)33(40)23-31)20-21-47(27)38(51)43-29-8-10-37(42-25-29)53-22-3-2-15-45-16-11-30(12-17-45)48-18-13-32-34(48)5-4-6-35(32)49-19-14-36(50)44-39(49)52/h4-10,13,18,23,25,27,30H,2-3,11-12,14-17,19-22,26H2,1H3,(H,43,51)(H,44,50,52). The van der Waals surface area contributed by atoms with E-state index >= 15 is 0 Å². The maximum absolute atomic E-state index is 13.1. The minimum atomic E-state index is -0.360. The van der Waals surface area contributed by atoms with Gasteiger partial charge in [0.05, 0.1) is 40.3 Å². The number of piperidine rings is 1. The van der Waals surface area contributed by atoms with Crippen molar-refractivity contribution in [3.63, 3.8) is 0 Å². The van der Waals surface area contributed by atoms with Crippen LogP contribution in [-0.4, -0.2) is 95.8 Å². The van der Waals surface area contributed by atoms with Crippen molar-refractivity contribution in [2.75, 3.05) is 67.5 Å². The molecule has 4 aromatic rings. The highest BCUT2D eigenvalue weighted by molar-refractivity contribution is 6.32. The molecule has 3 fully saturated rings. The number of anilines is 3. The first-order valence-electron chi connectivity index (χ1n) is 18.3. The Hall–Kier alpha value is -5.32. The normalized spacial score (nSPS) is 18.6. The number of ether oxygens (including phenoxy) is 1. The summed E-state index contributed by atoms with van der Waals surface area (Å²) in [7, 11) is 0. The fourth-order valence-electron chi connectivity index (χ4n) is 7.58. The van der Waals surface area contributed by atoms with Gasteiger partial charge in [0, 0.05) is 81.1 Å². The number of hydrogen-bond acceptors (Lipinski definition) is 8. The number of nitriles is 1. The number of hydrogen-bond donors (Lipinski definition) is 2. The third kappa shape index (κ3) is 8.19. The van der Waals surface area contributed by atoms with Crippen LogP contribution in [0.4, 0.5) is 26.7 Å². The first kappa shape index (κ1) is 36.1. The van der Waals surface area contributed by atoms with E-state index < -0.39 is 0 Å². The van der Waals surface area contributed by atoms with Crippen LogP contribution in [0.3, 0.4) is 0 Å². The molecule has 14 heteroatoms. The van der Waals surface area contributed by atoms with Crippen LogP contribution in [0.25, 0.3) is 10.9 Å².